The molecule has 2 rings (SSSR count). The van der Waals surface area contributed by atoms with Gasteiger partial charge in [-0.1, -0.05) is 0 Å². The van der Waals surface area contributed by atoms with Crippen LogP contribution in [0, 0.1) is 3.56 Å². The molecule has 0 aromatic heterocycles. The maximum absolute atomic E-state index is 9.25. The first-order chi connectivity index (χ1) is 7.79. The minimum absolute atomic E-state index is 0.327. The molecule has 1 heterocycles. The third kappa shape index (κ3) is 2.93. The van der Waals surface area contributed by atoms with Crippen molar-refractivity contribution in [2.75, 3.05) is 18.0 Å². The van der Waals surface area contributed by atoms with E-state index >= 15 is 0 Å². The molecule has 3 nitrogen and oxygen atoms in total. The van der Waals surface area contributed by atoms with Gasteiger partial charge >= 0.3 is 0 Å². The van der Waals surface area contributed by atoms with E-state index in [0.717, 1.165) is 19.5 Å². The Balaban J connectivity index is 2.04. The highest BCUT2D eigenvalue weighted by Crippen LogP contribution is 2.26. The molecule has 1 fully saturated rings. The van der Waals surface area contributed by atoms with Gasteiger partial charge in [0.15, 0.2) is 0 Å². The van der Waals surface area contributed by atoms with Crippen molar-refractivity contribution in [1.29, 1.82) is 3.56 Å². The molecule has 1 atom stereocenters. The monoisotopic (exact) mass is 332 g/mol. The SMILES string of the molecule is N=IC1CCCN(c2ccc(O)cc2)CC1. The van der Waals surface area contributed by atoms with Crippen LogP contribution in [-0.4, -0.2) is 22.1 Å². The number of rotatable bonds is 2. The molecule has 0 radical (unpaired) electrons. The van der Waals surface area contributed by atoms with Gasteiger partial charge in [-0.15, -0.1) is 0 Å². The molecule has 88 valence electrons. The highest BCUT2D eigenvalue weighted by Gasteiger charge is 2.15. The van der Waals surface area contributed by atoms with Crippen LogP contribution in [0.1, 0.15) is 19.3 Å². The molecule has 0 amide bonds. The number of aromatic hydroxyl groups is 1. The fourth-order valence-electron chi connectivity index (χ4n) is 2.09. The molecule has 16 heavy (non-hydrogen) atoms. The molecule has 0 aliphatic carbocycles. The molecule has 0 saturated carbocycles. The Kier molecular flexibility index (Phi) is 4.15. The largest absolute Gasteiger partial charge is 0.508 e. The van der Waals surface area contributed by atoms with E-state index in [0.29, 0.717) is 9.67 Å². The number of alkyl halides is 1. The first kappa shape index (κ1) is 11.8. The van der Waals surface area contributed by atoms with E-state index < -0.39 is 0 Å². The van der Waals surface area contributed by atoms with Crippen LogP contribution in [0.3, 0.4) is 0 Å². The van der Waals surface area contributed by atoms with Crippen molar-refractivity contribution in [2.45, 2.75) is 23.2 Å². The van der Waals surface area contributed by atoms with Crippen LogP contribution in [0.5, 0.6) is 5.75 Å². The second-order valence-electron chi connectivity index (χ2n) is 4.14. The van der Waals surface area contributed by atoms with Crippen LogP contribution in [0.25, 0.3) is 0 Å². The number of nitrogens with zero attached hydrogens (tertiary/aromatic N) is 1. The predicted molar refractivity (Wildman–Crippen MR) is 74.7 cm³/mol. The van der Waals surface area contributed by atoms with Crippen LogP contribution in [0.4, 0.5) is 5.69 Å². The molecule has 0 spiro atoms. The first-order valence-electron chi connectivity index (χ1n) is 5.62. The molecule has 1 unspecified atom stereocenters. The van der Waals surface area contributed by atoms with Crippen LogP contribution in [-0.2, 0) is 0 Å². The molecule has 1 aromatic rings. The van der Waals surface area contributed by atoms with Crippen LogP contribution in [0.15, 0.2) is 24.3 Å². The maximum Gasteiger partial charge on any atom is 0.115 e. The second kappa shape index (κ2) is 5.61. The molecular weight excluding hydrogens is 315 g/mol. The van der Waals surface area contributed by atoms with Crippen molar-refractivity contribution >= 4 is 26.7 Å². The van der Waals surface area contributed by atoms with Crippen molar-refractivity contribution in [3.8, 4) is 5.75 Å². The quantitative estimate of drug-likeness (QED) is 0.643. The Labute approximate surface area is 106 Å². The minimum Gasteiger partial charge on any atom is -0.508 e. The number of phenols is 1. The van der Waals surface area contributed by atoms with E-state index in [2.05, 4.69) is 4.90 Å². The summed E-state index contributed by atoms with van der Waals surface area (Å²) in [5, 5.41) is 9.25. The standard InChI is InChI=1S/C12H17IN2O/c14-13-10-2-1-8-15(9-7-10)11-3-5-12(16)6-4-11/h3-6,10,14,16H,1-2,7-9H2. The van der Waals surface area contributed by atoms with Gasteiger partial charge in [0, 0.05) is 22.7 Å². The van der Waals surface area contributed by atoms with Crippen LogP contribution in [0.2, 0.25) is 0 Å². The lowest BCUT2D eigenvalue weighted by molar-refractivity contribution is 0.475. The first-order valence-corrected chi connectivity index (χ1v) is 7.95. The topological polar surface area (TPSA) is 47.3 Å². The Morgan fingerprint density at radius 2 is 1.94 bits per heavy atom. The Hall–Kier alpha value is -0.650. The summed E-state index contributed by atoms with van der Waals surface area (Å²) in [6, 6.07) is 7.45. The molecule has 0 bridgehead atoms. The van der Waals surface area contributed by atoms with Gasteiger partial charge in [-0.3, -0.25) is 3.56 Å². The molecular formula is C12H17IN2O. The number of halogens is 1. The van der Waals surface area contributed by atoms with E-state index in [1.54, 1.807) is 12.1 Å². The van der Waals surface area contributed by atoms with Gasteiger partial charge in [-0.25, -0.2) is 0 Å². The zero-order valence-electron chi connectivity index (χ0n) is 9.19. The van der Waals surface area contributed by atoms with Crippen LogP contribution >= 0.6 is 21.0 Å². The second-order valence-corrected chi connectivity index (χ2v) is 6.53. The van der Waals surface area contributed by atoms with Crippen molar-refractivity contribution < 1.29 is 5.11 Å². The van der Waals surface area contributed by atoms with Crippen molar-refractivity contribution in [3.63, 3.8) is 0 Å². The number of nitrogens with one attached hydrogen (secondary N) is 1. The molecule has 1 aliphatic rings. The van der Waals surface area contributed by atoms with Gasteiger partial charge in [0.2, 0.25) is 0 Å². The van der Waals surface area contributed by atoms with Crippen molar-refractivity contribution in [2.24, 2.45) is 0 Å². The molecule has 4 heteroatoms. The van der Waals surface area contributed by atoms with Crippen molar-refractivity contribution in [1.82, 2.24) is 0 Å². The van der Waals surface area contributed by atoms with Gasteiger partial charge in [-0.05, 0) is 64.6 Å². The Morgan fingerprint density at radius 3 is 2.62 bits per heavy atom. The van der Waals surface area contributed by atoms with Gasteiger partial charge in [0.25, 0.3) is 0 Å². The lowest BCUT2D eigenvalue weighted by Gasteiger charge is -2.22. The lowest BCUT2D eigenvalue weighted by Crippen LogP contribution is -2.24. The van der Waals surface area contributed by atoms with Gasteiger partial charge in [-0.2, -0.15) is 0 Å². The summed E-state index contributed by atoms with van der Waals surface area (Å²) in [5.41, 5.74) is 1.20. The summed E-state index contributed by atoms with van der Waals surface area (Å²) in [6.07, 6.45) is 3.59. The summed E-state index contributed by atoms with van der Waals surface area (Å²) < 4.78 is 8.23. The number of phenolic OH excluding ortho intramolecular Hbond substituents is 1. The number of benzene rings is 1. The zero-order chi connectivity index (χ0) is 11.4. The summed E-state index contributed by atoms with van der Waals surface area (Å²) in [5.74, 6) is 0.327. The molecule has 1 aromatic carbocycles. The van der Waals surface area contributed by atoms with E-state index in [4.69, 9.17) is 3.56 Å². The third-order valence-corrected chi connectivity index (χ3v) is 5.15. The average molecular weight is 332 g/mol. The highest BCUT2D eigenvalue weighted by atomic mass is 127. The predicted octanol–water partition coefficient (Wildman–Crippen LogP) is 3.48. The molecule has 1 aliphatic heterocycles. The Morgan fingerprint density at radius 1 is 1.19 bits per heavy atom. The van der Waals surface area contributed by atoms with E-state index in [9.17, 15) is 5.11 Å². The van der Waals surface area contributed by atoms with E-state index in [-0.39, 0.29) is 21.0 Å². The Bertz CT molecular complexity index is 353. The smallest absolute Gasteiger partial charge is 0.115 e. The van der Waals surface area contributed by atoms with Crippen LogP contribution < -0.4 is 4.90 Å². The number of anilines is 1. The van der Waals surface area contributed by atoms with Crippen molar-refractivity contribution in [3.05, 3.63) is 24.3 Å². The normalized spacial score (nSPS) is 21.8. The number of hydrogen-bond acceptors (Lipinski definition) is 3. The highest BCUT2D eigenvalue weighted by molar-refractivity contribution is 14.1. The summed E-state index contributed by atoms with van der Waals surface area (Å²) >= 11 is -0.343. The number of hydrogen-bond donors (Lipinski definition) is 2. The van der Waals surface area contributed by atoms with Gasteiger partial charge in [0.05, 0.1) is 0 Å². The maximum atomic E-state index is 9.25. The van der Waals surface area contributed by atoms with E-state index in [1.807, 2.05) is 12.1 Å². The fraction of sp³-hybridized carbons (Fsp3) is 0.500. The summed E-state index contributed by atoms with van der Waals surface area (Å²) in [6.45, 7) is 2.15. The van der Waals surface area contributed by atoms with Gasteiger partial charge in [0.1, 0.15) is 5.75 Å². The lowest BCUT2D eigenvalue weighted by atomic mass is 10.2. The van der Waals surface area contributed by atoms with E-state index in [1.165, 1.54) is 18.5 Å². The molecule has 2 N–H and O–H groups in total. The third-order valence-electron chi connectivity index (χ3n) is 3.03. The molecule has 1 saturated heterocycles. The fourth-order valence-corrected chi connectivity index (χ4v) is 3.43. The summed E-state index contributed by atoms with van der Waals surface area (Å²) in [4.78, 5) is 2.37. The average Bonchev–Trinajstić information content (AvgIpc) is 2.55. The summed E-state index contributed by atoms with van der Waals surface area (Å²) in [7, 11) is 0. The minimum atomic E-state index is -0.343. The zero-order valence-corrected chi connectivity index (χ0v) is 11.4. The van der Waals surface area contributed by atoms with Gasteiger partial charge < -0.3 is 10.0 Å².